The number of aliphatic hydroxyl groups excluding tert-OH is 1. The van der Waals surface area contributed by atoms with E-state index in [2.05, 4.69) is 10.2 Å². The van der Waals surface area contributed by atoms with E-state index in [1.54, 1.807) is 11.0 Å². The summed E-state index contributed by atoms with van der Waals surface area (Å²) in [4.78, 5) is 14.8. The van der Waals surface area contributed by atoms with Gasteiger partial charge in [-0.1, -0.05) is 0 Å². The molecule has 0 aromatic heterocycles. The monoisotopic (exact) mass is 367 g/mol. The van der Waals surface area contributed by atoms with Gasteiger partial charge in [0.05, 0.1) is 18.3 Å². The first-order chi connectivity index (χ1) is 12.0. The fourth-order valence-corrected chi connectivity index (χ4v) is 5.09. The van der Waals surface area contributed by atoms with Crippen LogP contribution in [0.15, 0.2) is 18.2 Å². The van der Waals surface area contributed by atoms with Gasteiger partial charge in [0, 0.05) is 42.7 Å². The van der Waals surface area contributed by atoms with Gasteiger partial charge in [-0.2, -0.15) is 11.8 Å². The summed E-state index contributed by atoms with van der Waals surface area (Å²) in [5, 5.41) is 12.8. The minimum Gasteiger partial charge on any atom is -0.361 e. The van der Waals surface area contributed by atoms with Crippen molar-refractivity contribution in [1.82, 2.24) is 5.32 Å². The largest absolute Gasteiger partial charge is 0.361 e. The molecule has 0 aliphatic carbocycles. The highest BCUT2D eigenvalue weighted by atomic mass is 32.2. The zero-order valence-electron chi connectivity index (χ0n) is 14.0. The smallest absolute Gasteiger partial charge is 0.238 e. The Labute approximate surface area is 150 Å². The van der Waals surface area contributed by atoms with Gasteiger partial charge >= 0.3 is 0 Å². The molecule has 1 amide bonds. The second kappa shape index (κ2) is 6.66. The first-order valence-corrected chi connectivity index (χ1v) is 9.68. The summed E-state index contributed by atoms with van der Waals surface area (Å²) in [5.74, 6) is 1.70. The number of carbonyl (C=O) groups excluding carboxylic acids is 1. The van der Waals surface area contributed by atoms with Crippen LogP contribution in [0.1, 0.15) is 13.3 Å². The lowest BCUT2D eigenvalue weighted by molar-refractivity contribution is -0.121. The first kappa shape index (κ1) is 16.9. The van der Waals surface area contributed by atoms with E-state index in [0.29, 0.717) is 36.5 Å². The van der Waals surface area contributed by atoms with Gasteiger partial charge in [-0.3, -0.25) is 4.79 Å². The lowest BCUT2D eigenvalue weighted by atomic mass is 9.93. The maximum absolute atomic E-state index is 14.7. The molecule has 2 N–H and O–H groups in total. The van der Waals surface area contributed by atoms with Crippen LogP contribution in [-0.2, 0) is 9.53 Å². The van der Waals surface area contributed by atoms with Crippen LogP contribution in [0.25, 0.3) is 0 Å². The van der Waals surface area contributed by atoms with Gasteiger partial charge in [-0.15, -0.1) is 0 Å². The summed E-state index contributed by atoms with van der Waals surface area (Å²) < 4.78 is 20.1. The second-order valence-electron chi connectivity index (χ2n) is 6.80. The number of hydrogen-bond acceptors (Lipinski definition) is 6. The van der Waals surface area contributed by atoms with E-state index in [9.17, 15) is 14.3 Å². The number of rotatable bonds is 4. The average Bonchev–Trinajstić information content (AvgIpc) is 2.96. The lowest BCUT2D eigenvalue weighted by Crippen LogP contribution is -2.62. The van der Waals surface area contributed by atoms with E-state index in [1.807, 2.05) is 17.8 Å². The van der Waals surface area contributed by atoms with Crippen molar-refractivity contribution in [3.05, 3.63) is 24.0 Å². The fourth-order valence-electron chi connectivity index (χ4n) is 3.82. The lowest BCUT2D eigenvalue weighted by Gasteiger charge is -2.54. The molecule has 3 saturated heterocycles. The first-order valence-electron chi connectivity index (χ1n) is 8.53. The van der Waals surface area contributed by atoms with Crippen LogP contribution in [0.5, 0.6) is 0 Å². The number of halogens is 1. The molecule has 25 heavy (non-hydrogen) atoms. The predicted molar refractivity (Wildman–Crippen MR) is 95.3 cm³/mol. The quantitative estimate of drug-likeness (QED) is 0.832. The molecule has 8 heteroatoms. The highest BCUT2D eigenvalue weighted by Gasteiger charge is 2.43. The summed E-state index contributed by atoms with van der Waals surface area (Å²) in [6.45, 7) is 2.14. The van der Waals surface area contributed by atoms with Gasteiger partial charge in [-0.05, 0) is 24.6 Å². The van der Waals surface area contributed by atoms with Crippen LogP contribution in [0.3, 0.4) is 0 Å². The van der Waals surface area contributed by atoms with Gasteiger partial charge in [0.1, 0.15) is 5.82 Å². The number of amides is 1. The molecule has 3 fully saturated rings. The Balaban J connectivity index is 1.46. The van der Waals surface area contributed by atoms with Crippen molar-refractivity contribution in [2.75, 3.05) is 34.4 Å². The highest BCUT2D eigenvalue weighted by Crippen LogP contribution is 2.42. The molecule has 3 heterocycles. The molecule has 0 saturated carbocycles. The molecule has 2 bridgehead atoms. The number of ether oxygens (including phenoxy) is 1. The van der Waals surface area contributed by atoms with E-state index in [0.717, 1.165) is 17.9 Å². The molecule has 1 aromatic rings. The summed E-state index contributed by atoms with van der Waals surface area (Å²) in [6.07, 6.45) is -0.310. The van der Waals surface area contributed by atoms with E-state index >= 15 is 0 Å². The fraction of sp³-hybridized carbons (Fsp3) is 0.588. The summed E-state index contributed by atoms with van der Waals surface area (Å²) >= 11 is 1.94. The molecule has 3 aliphatic rings. The Kier molecular flexibility index (Phi) is 4.51. The Hall–Kier alpha value is -1.51. The third-order valence-corrected chi connectivity index (χ3v) is 6.29. The number of carbonyl (C=O) groups is 1. The van der Waals surface area contributed by atoms with Crippen molar-refractivity contribution in [3.8, 4) is 0 Å². The number of nitrogens with one attached hydrogen (secondary N) is 1. The zero-order valence-corrected chi connectivity index (χ0v) is 14.8. The van der Waals surface area contributed by atoms with E-state index in [4.69, 9.17) is 4.74 Å². The number of thioether (sulfide) groups is 1. The molecule has 3 unspecified atom stereocenters. The highest BCUT2D eigenvalue weighted by molar-refractivity contribution is 7.99. The number of benzene rings is 1. The van der Waals surface area contributed by atoms with Crippen LogP contribution in [0.4, 0.5) is 15.8 Å². The van der Waals surface area contributed by atoms with E-state index in [-0.39, 0.29) is 17.8 Å². The van der Waals surface area contributed by atoms with Gasteiger partial charge in [0.15, 0.2) is 0 Å². The zero-order chi connectivity index (χ0) is 17.6. The van der Waals surface area contributed by atoms with Crippen LogP contribution in [-0.4, -0.2) is 60.2 Å². The molecule has 6 nitrogen and oxygen atoms in total. The molecule has 0 spiro atoms. The minimum atomic E-state index is -1.14. The molecule has 136 valence electrons. The van der Waals surface area contributed by atoms with Crippen molar-refractivity contribution < 1.29 is 19.0 Å². The normalized spacial score (nSPS) is 31.0. The average molecular weight is 367 g/mol. The summed E-state index contributed by atoms with van der Waals surface area (Å²) in [6, 6.07) is 5.96. The van der Waals surface area contributed by atoms with Crippen molar-refractivity contribution in [2.45, 2.75) is 37.9 Å². The molecule has 1 aromatic carbocycles. The topological polar surface area (TPSA) is 65.0 Å². The number of aliphatic hydroxyl groups is 1. The molecular weight excluding hydrogens is 345 g/mol. The van der Waals surface area contributed by atoms with Crippen LogP contribution in [0.2, 0.25) is 0 Å². The molecular formula is C17H22FN3O3S. The second-order valence-corrected chi connectivity index (χ2v) is 7.87. The third kappa shape index (κ3) is 3.18. The predicted octanol–water partition coefficient (Wildman–Crippen LogP) is 1.14. The molecule has 3 aliphatic heterocycles. The van der Waals surface area contributed by atoms with E-state index < -0.39 is 6.41 Å². The van der Waals surface area contributed by atoms with Gasteiger partial charge in [0.25, 0.3) is 0 Å². The third-order valence-electron chi connectivity index (χ3n) is 5.05. The van der Waals surface area contributed by atoms with Crippen molar-refractivity contribution in [2.24, 2.45) is 0 Å². The molecule has 4 atom stereocenters. The SMILES string of the molecule is CC(=O)NC[C@H]1CN(c2ccc(N3C4CSCC3C4)c(F)c2)C(O)O1. The van der Waals surface area contributed by atoms with Crippen molar-refractivity contribution in [1.29, 1.82) is 0 Å². The van der Waals surface area contributed by atoms with Gasteiger partial charge < -0.3 is 25.0 Å². The number of fused-ring (bicyclic) bond motifs is 2. The van der Waals surface area contributed by atoms with Crippen LogP contribution >= 0.6 is 11.8 Å². The minimum absolute atomic E-state index is 0.148. The molecule has 0 radical (unpaired) electrons. The summed E-state index contributed by atoms with van der Waals surface area (Å²) in [5.41, 5.74) is 1.23. The Bertz CT molecular complexity index is 663. The Morgan fingerprint density at radius 3 is 2.84 bits per heavy atom. The maximum atomic E-state index is 14.7. The Morgan fingerprint density at radius 2 is 2.20 bits per heavy atom. The maximum Gasteiger partial charge on any atom is 0.238 e. The van der Waals surface area contributed by atoms with Crippen LogP contribution < -0.4 is 15.1 Å². The Morgan fingerprint density at radius 1 is 1.44 bits per heavy atom. The van der Waals surface area contributed by atoms with Crippen molar-refractivity contribution in [3.63, 3.8) is 0 Å². The standard InChI is InChI=1S/C17H22FN3O3S/c1-10(22)19-6-14-7-20(17(23)24-14)11-2-3-16(15(18)5-11)21-12-4-13(21)9-25-8-12/h2-3,5,12-14,17,23H,4,6-9H2,1H3,(H,19,22)/t12?,13?,14-,17?/m0/s1. The molecule has 4 rings (SSSR count). The summed E-state index contributed by atoms with van der Waals surface area (Å²) in [7, 11) is 0. The number of hydrogen-bond donors (Lipinski definition) is 2. The van der Waals surface area contributed by atoms with Gasteiger partial charge in [0.2, 0.25) is 12.3 Å². The van der Waals surface area contributed by atoms with E-state index in [1.165, 1.54) is 13.0 Å². The van der Waals surface area contributed by atoms with Crippen molar-refractivity contribution >= 4 is 29.0 Å². The number of anilines is 2. The van der Waals surface area contributed by atoms with Gasteiger partial charge in [-0.25, -0.2) is 4.39 Å². The number of nitrogens with zero attached hydrogens (tertiary/aromatic N) is 2. The van der Waals surface area contributed by atoms with Crippen LogP contribution in [0, 0.1) is 5.82 Å².